The maximum atomic E-state index is 12.2. The van der Waals surface area contributed by atoms with Crippen LogP contribution in [-0.4, -0.2) is 36.6 Å². The summed E-state index contributed by atoms with van der Waals surface area (Å²) < 4.78 is 5.53. The summed E-state index contributed by atoms with van der Waals surface area (Å²) in [7, 11) is 0. The molecule has 3 amide bonds. The molecule has 1 aliphatic rings. The van der Waals surface area contributed by atoms with Crippen LogP contribution in [0.2, 0.25) is 0 Å². The molecule has 0 atom stereocenters. The molecule has 0 unspecified atom stereocenters. The molecule has 8 heteroatoms. The van der Waals surface area contributed by atoms with Gasteiger partial charge in [0.15, 0.2) is 6.61 Å². The Kier molecular flexibility index (Phi) is 6.54. The first-order chi connectivity index (χ1) is 13.5. The lowest BCUT2D eigenvalue weighted by Gasteiger charge is -2.16. The van der Waals surface area contributed by atoms with Crippen LogP contribution in [-0.2, 0) is 14.4 Å². The van der Waals surface area contributed by atoms with Gasteiger partial charge in [-0.25, -0.2) is 0 Å². The number of nitrogens with two attached hydrogens (primary N) is 1. The molecule has 2 aromatic rings. The first-order valence-corrected chi connectivity index (χ1v) is 9.85. The molecule has 0 bridgehead atoms. The monoisotopic (exact) mass is 399 g/mol. The second kappa shape index (κ2) is 9.27. The van der Waals surface area contributed by atoms with Crippen LogP contribution in [0.25, 0.3) is 0 Å². The molecule has 3 rings (SSSR count). The van der Waals surface area contributed by atoms with Gasteiger partial charge in [-0.15, -0.1) is 11.8 Å². The summed E-state index contributed by atoms with van der Waals surface area (Å²) in [5, 5.41) is 2.78. The van der Waals surface area contributed by atoms with Gasteiger partial charge in [-0.05, 0) is 42.8 Å². The second-order valence-electron chi connectivity index (χ2n) is 6.23. The highest BCUT2D eigenvalue weighted by Gasteiger charge is 2.21. The summed E-state index contributed by atoms with van der Waals surface area (Å²) >= 11 is 1.26. The number of rotatable bonds is 8. The van der Waals surface area contributed by atoms with Crippen LogP contribution in [0.5, 0.6) is 5.75 Å². The number of ether oxygens (including phenoxy) is 1. The van der Waals surface area contributed by atoms with Gasteiger partial charge in [0, 0.05) is 23.5 Å². The highest BCUT2D eigenvalue weighted by atomic mass is 32.2. The molecule has 1 aliphatic heterocycles. The largest absolute Gasteiger partial charge is 0.484 e. The van der Waals surface area contributed by atoms with E-state index in [0.29, 0.717) is 17.9 Å². The van der Waals surface area contributed by atoms with Gasteiger partial charge in [-0.2, -0.15) is 0 Å². The SMILES string of the molecule is NC(=O)CSc1ccccc1NC(=O)COc1ccc(N2CCCC2=O)cc1. The number of thioether (sulfide) groups is 1. The predicted octanol–water partition coefficient (Wildman–Crippen LogP) is 2.41. The molecule has 0 aromatic heterocycles. The zero-order valence-electron chi connectivity index (χ0n) is 15.2. The molecule has 2 aromatic carbocycles. The fraction of sp³-hybridized carbons (Fsp3) is 0.250. The van der Waals surface area contributed by atoms with E-state index < -0.39 is 5.91 Å². The first kappa shape index (κ1) is 19.8. The quantitative estimate of drug-likeness (QED) is 0.664. The third-order valence-electron chi connectivity index (χ3n) is 4.12. The Balaban J connectivity index is 1.53. The number of anilines is 2. The van der Waals surface area contributed by atoms with Gasteiger partial charge in [0.1, 0.15) is 5.75 Å². The van der Waals surface area contributed by atoms with E-state index in [0.717, 1.165) is 23.5 Å². The number of nitrogens with zero attached hydrogens (tertiary/aromatic N) is 1. The van der Waals surface area contributed by atoms with E-state index in [1.165, 1.54) is 11.8 Å². The molecule has 0 saturated carbocycles. The van der Waals surface area contributed by atoms with Crippen molar-refractivity contribution in [3.63, 3.8) is 0 Å². The highest BCUT2D eigenvalue weighted by Crippen LogP contribution is 2.27. The van der Waals surface area contributed by atoms with E-state index in [4.69, 9.17) is 10.5 Å². The van der Waals surface area contributed by atoms with Crippen molar-refractivity contribution in [3.05, 3.63) is 48.5 Å². The van der Waals surface area contributed by atoms with Crippen LogP contribution in [0.4, 0.5) is 11.4 Å². The average molecular weight is 399 g/mol. The maximum Gasteiger partial charge on any atom is 0.262 e. The topological polar surface area (TPSA) is 102 Å². The molecule has 0 aliphatic carbocycles. The number of primary amides is 1. The van der Waals surface area contributed by atoms with Crippen molar-refractivity contribution in [2.45, 2.75) is 17.7 Å². The lowest BCUT2D eigenvalue weighted by Crippen LogP contribution is -2.23. The van der Waals surface area contributed by atoms with Gasteiger partial charge in [-0.3, -0.25) is 14.4 Å². The fourth-order valence-corrected chi connectivity index (χ4v) is 3.57. The Bertz CT molecular complexity index is 870. The second-order valence-corrected chi connectivity index (χ2v) is 7.25. The van der Waals surface area contributed by atoms with Crippen LogP contribution in [0.3, 0.4) is 0 Å². The van der Waals surface area contributed by atoms with Crippen molar-refractivity contribution < 1.29 is 19.1 Å². The summed E-state index contributed by atoms with van der Waals surface area (Å²) in [5.41, 5.74) is 6.61. The van der Waals surface area contributed by atoms with Gasteiger partial charge in [0.2, 0.25) is 11.8 Å². The van der Waals surface area contributed by atoms with Gasteiger partial charge in [0.05, 0.1) is 11.4 Å². The van der Waals surface area contributed by atoms with Crippen molar-refractivity contribution in [1.82, 2.24) is 0 Å². The zero-order chi connectivity index (χ0) is 19.9. The molecule has 3 N–H and O–H groups in total. The Hall–Kier alpha value is -3.00. The molecular weight excluding hydrogens is 378 g/mol. The van der Waals surface area contributed by atoms with Gasteiger partial charge < -0.3 is 20.7 Å². The van der Waals surface area contributed by atoms with Crippen LogP contribution in [0.15, 0.2) is 53.4 Å². The average Bonchev–Trinajstić information content (AvgIpc) is 3.12. The van der Waals surface area contributed by atoms with Gasteiger partial charge in [0.25, 0.3) is 5.91 Å². The fourth-order valence-electron chi connectivity index (χ4n) is 2.82. The Morgan fingerprint density at radius 3 is 2.57 bits per heavy atom. The third kappa shape index (κ3) is 5.26. The van der Waals surface area contributed by atoms with Gasteiger partial charge >= 0.3 is 0 Å². The smallest absolute Gasteiger partial charge is 0.262 e. The molecule has 0 spiro atoms. The zero-order valence-corrected chi connectivity index (χ0v) is 16.0. The number of carbonyl (C=O) groups excluding carboxylic acids is 3. The molecule has 28 heavy (non-hydrogen) atoms. The standard InChI is InChI=1S/C20H21N3O4S/c21-18(24)13-28-17-5-2-1-4-16(17)22-19(25)12-27-15-9-7-14(8-10-15)23-11-3-6-20(23)26/h1-2,4-5,7-10H,3,6,11-13H2,(H2,21,24)(H,22,25). The lowest BCUT2D eigenvalue weighted by molar-refractivity contribution is -0.118. The van der Waals surface area contributed by atoms with Crippen LogP contribution >= 0.6 is 11.8 Å². The Labute approximate surface area is 167 Å². The minimum Gasteiger partial charge on any atom is -0.484 e. The van der Waals surface area contributed by atoms with E-state index in [2.05, 4.69) is 5.32 Å². The van der Waals surface area contributed by atoms with Crippen LogP contribution in [0, 0.1) is 0 Å². The van der Waals surface area contributed by atoms with E-state index in [9.17, 15) is 14.4 Å². The molecular formula is C20H21N3O4S. The van der Waals surface area contributed by atoms with E-state index >= 15 is 0 Å². The first-order valence-electron chi connectivity index (χ1n) is 8.86. The highest BCUT2D eigenvalue weighted by molar-refractivity contribution is 8.00. The minimum absolute atomic E-state index is 0.126. The molecule has 1 fully saturated rings. The molecule has 7 nitrogen and oxygen atoms in total. The van der Waals surface area contributed by atoms with Crippen molar-refractivity contribution in [2.75, 3.05) is 29.1 Å². The summed E-state index contributed by atoms with van der Waals surface area (Å²) in [4.78, 5) is 37.4. The van der Waals surface area contributed by atoms with Crippen molar-refractivity contribution in [3.8, 4) is 5.75 Å². The number of nitrogens with one attached hydrogen (secondary N) is 1. The Morgan fingerprint density at radius 2 is 1.89 bits per heavy atom. The number of para-hydroxylation sites is 1. The Morgan fingerprint density at radius 1 is 1.14 bits per heavy atom. The minimum atomic E-state index is -0.423. The normalized spacial score (nSPS) is 13.4. The summed E-state index contributed by atoms with van der Waals surface area (Å²) in [6.07, 6.45) is 1.45. The molecule has 0 radical (unpaired) electrons. The van der Waals surface area contributed by atoms with Crippen LogP contribution in [0.1, 0.15) is 12.8 Å². The predicted molar refractivity (Wildman–Crippen MR) is 109 cm³/mol. The van der Waals surface area contributed by atoms with E-state index in [1.807, 2.05) is 24.3 Å². The van der Waals surface area contributed by atoms with Crippen molar-refractivity contribution >= 4 is 40.9 Å². The number of hydrogen-bond acceptors (Lipinski definition) is 5. The van der Waals surface area contributed by atoms with E-state index in [1.54, 1.807) is 29.2 Å². The van der Waals surface area contributed by atoms with Crippen LogP contribution < -0.4 is 20.7 Å². The number of carbonyl (C=O) groups is 3. The third-order valence-corrected chi connectivity index (χ3v) is 5.22. The number of hydrogen-bond donors (Lipinski definition) is 2. The maximum absolute atomic E-state index is 12.2. The summed E-state index contributed by atoms with van der Waals surface area (Å²) in [5.74, 6) is 0.0669. The summed E-state index contributed by atoms with van der Waals surface area (Å²) in [6, 6.07) is 14.3. The van der Waals surface area contributed by atoms with Crippen molar-refractivity contribution in [2.24, 2.45) is 5.73 Å². The number of benzene rings is 2. The van der Waals surface area contributed by atoms with E-state index in [-0.39, 0.29) is 24.2 Å². The van der Waals surface area contributed by atoms with Crippen molar-refractivity contribution in [1.29, 1.82) is 0 Å². The molecule has 1 saturated heterocycles. The molecule has 1 heterocycles. The molecule has 146 valence electrons. The number of amides is 3. The summed E-state index contributed by atoms with van der Waals surface area (Å²) in [6.45, 7) is 0.575. The lowest BCUT2D eigenvalue weighted by atomic mass is 10.3. The van der Waals surface area contributed by atoms with Gasteiger partial charge in [-0.1, -0.05) is 12.1 Å².